The summed E-state index contributed by atoms with van der Waals surface area (Å²) in [6.07, 6.45) is -4.13. The van der Waals surface area contributed by atoms with Gasteiger partial charge in [-0.05, 0) is 133 Å². The Morgan fingerprint density at radius 3 is 1.23 bits per heavy atom. The van der Waals surface area contributed by atoms with Crippen molar-refractivity contribution < 1.29 is 114 Å². The zero-order valence-corrected chi connectivity index (χ0v) is 72.4. The molecule has 107 heavy (non-hydrogen) atoms. The monoisotopic (exact) mass is 1800 g/mol. The predicted molar refractivity (Wildman–Crippen MR) is 395 cm³/mol. The maximum absolute atomic E-state index is 15.0. The zero-order chi connectivity index (χ0) is 80.1. The summed E-state index contributed by atoms with van der Waals surface area (Å²) >= 11 is 22.8. The first-order valence-electron chi connectivity index (χ1n) is 37.1. The molecule has 9 saturated carbocycles. The lowest BCUT2D eigenvalue weighted by Gasteiger charge is -2.66. The van der Waals surface area contributed by atoms with E-state index in [1.54, 1.807) is 13.8 Å². The Morgan fingerprint density at radius 2 is 0.850 bits per heavy atom. The number of carbonyl (C=O) groups is 12. The first-order valence-corrected chi connectivity index (χ1v) is 43.6. The van der Waals surface area contributed by atoms with Crippen LogP contribution in [0.1, 0.15) is 165 Å². The van der Waals surface area contributed by atoms with E-state index in [-0.39, 0.29) is 101 Å². The van der Waals surface area contributed by atoms with E-state index >= 15 is 4.79 Å². The lowest BCUT2D eigenvalue weighted by atomic mass is 9.38. The molecule has 38 atom stereocenters. The van der Waals surface area contributed by atoms with Gasteiger partial charge in [0, 0.05) is 142 Å². The highest BCUT2D eigenvalue weighted by Crippen LogP contribution is 2.82. The third kappa shape index (κ3) is 11.5. The zero-order valence-electron chi connectivity index (χ0n) is 64.5. The van der Waals surface area contributed by atoms with Crippen molar-refractivity contribution in [1.82, 2.24) is 0 Å². The summed E-state index contributed by atoms with van der Waals surface area (Å²) in [4.78, 5) is 160. The molecule has 10 aliphatic carbocycles. The van der Waals surface area contributed by atoms with Gasteiger partial charge in [0.2, 0.25) is 11.2 Å². The standard InChI is InChI=1S/C38H50Br2O12.C38H50O12.CH2Cl2.Br2/c1-13-15(3)34(8)24-14(2)31(39)38(40)36(10,37(11,33(46)52-38)51-19(7)44)26(24)30(48-17(5)42)25(34)22-23(13)35(9)20(27(45)29(22)47-16(4)41)12-21-28(50-21)32(35)49-18(6)43;1-14-12-23-37(10,38(11,34(44)49-23)50-20(7)42)28-25(14)35(8)16(3)15(2)26-24(27(35)32(28)46-18(5)40)31(45-17(4)39)29(43)21-13-22-30(48-22)33(36(21,26)9)47-19(6)41;2-1-3;1-2/h13-15,20-26,28-32H,12H2,1-11H3;12,14-16,21-22,24-28,30-33H,13H2,1-11H3;1H2;/t13-,14+,15+,20-,21+,22-,23?,24+,25-,26+,28+,29-,30-,31?,32+,34-,35+,36+,37-,38?;14-,15-,16+,21-,22+,24-,25+,26?,27-,28+,30+,31-,32-,33+,35-,36+,37+,38-;;/m11../s1. The second-order valence-corrected chi connectivity index (χ2v) is 37.9. The molecule has 14 aliphatic rings. The number of Topliss-reactive ketones (excluding diaryl/α,β-unsaturated/α-hetero) is 2. The third-order valence-corrected chi connectivity index (χ3v) is 34.4. The minimum Gasteiger partial charge on any atom is -0.462 e. The van der Waals surface area contributed by atoms with E-state index in [0.717, 1.165) is 0 Å². The molecule has 13 fully saturated rings. The maximum Gasteiger partial charge on any atom is 0.356 e. The Hall–Kier alpha value is -3.80. The number of carbonyl (C=O) groups excluding carboxylic acids is 12. The molecule has 0 N–H and O–H groups in total. The van der Waals surface area contributed by atoms with Crippen molar-refractivity contribution in [2.45, 2.75) is 247 Å². The molecule has 0 bridgehead atoms. The van der Waals surface area contributed by atoms with Crippen molar-refractivity contribution in [3.63, 3.8) is 0 Å². The largest absolute Gasteiger partial charge is 0.462 e. The normalized spacial score (nSPS) is 51.5. The molecular weight excluding hydrogens is 1700 g/mol. The van der Waals surface area contributed by atoms with Crippen LogP contribution < -0.4 is 0 Å². The topological polar surface area (TPSA) is 322 Å². The Kier molecular flexibility index (Phi) is 22.3. The van der Waals surface area contributed by atoms with Crippen LogP contribution in [0.25, 0.3) is 0 Å². The number of halogens is 6. The summed E-state index contributed by atoms with van der Waals surface area (Å²) in [5, 5.41) is 0.194. The number of esters is 10. The highest BCUT2D eigenvalue weighted by atomic mass is 80.9. The van der Waals surface area contributed by atoms with Crippen LogP contribution in [0, 0.1) is 139 Å². The molecule has 596 valence electrons. The minimum absolute atomic E-state index is 0.0692. The molecule has 0 amide bonds. The number of hydrogen-bond donors (Lipinski definition) is 0. The lowest BCUT2D eigenvalue weighted by Crippen LogP contribution is -2.71. The van der Waals surface area contributed by atoms with Gasteiger partial charge in [-0.25, -0.2) is 9.59 Å². The Morgan fingerprint density at radius 1 is 0.477 bits per heavy atom. The summed E-state index contributed by atoms with van der Waals surface area (Å²) in [5.74, 6) is -13.3. The highest BCUT2D eigenvalue weighted by Gasteiger charge is 2.89. The van der Waals surface area contributed by atoms with Crippen molar-refractivity contribution >= 4 is 155 Å². The van der Waals surface area contributed by atoms with Crippen molar-refractivity contribution in [2.75, 3.05) is 5.34 Å². The van der Waals surface area contributed by atoms with Crippen LogP contribution >= 0.6 is 83.3 Å². The molecule has 4 saturated heterocycles. The van der Waals surface area contributed by atoms with Gasteiger partial charge in [-0.3, -0.25) is 47.9 Å². The SMILES string of the molecule is BrBr.CC(=O)O[C@@H]1[C@H]2[C@H]3C([C@H](C)[C@H](C)[C@]2(C)[C@@H]2[C@@H]1[C@]1(C)C(=C[C@H]2C)OC(=O)[C@@]1(C)OC(C)=O)[C@]1(C)[C@H](C[C@@H]2O[C@@H]2[C@@H]1OC(C)=O)C(=O)[C@@H]3OC(C)=O.CC(=O)O[C@@H]1[C@H]2[C@H]3C([C@H](C)[C@H](C)[C@]2(C)[C@@H]2[C@@H]1[C@]1(C)C(Br)(OC(=O)[C@@]1(C)OC(C)=O)C(Br)[C@H]2C)[C@]1(C)[C@H](C[C@@H]2O[C@@H]2[C@@H]1OC(C)=O)C(=O)[C@@H]3OC(C)=O.ClCCl. The van der Waals surface area contributed by atoms with E-state index in [9.17, 15) is 52.7 Å². The van der Waals surface area contributed by atoms with E-state index in [1.165, 1.54) is 55.4 Å². The quantitative estimate of drug-likeness (QED) is 0.0943. The molecule has 0 aromatic heterocycles. The van der Waals surface area contributed by atoms with Gasteiger partial charge in [0.25, 0.3) is 0 Å². The summed E-state index contributed by atoms with van der Waals surface area (Å²) in [7, 11) is 0. The first-order chi connectivity index (χ1) is 49.5. The van der Waals surface area contributed by atoms with Crippen molar-refractivity contribution in [2.24, 2.45) is 139 Å². The molecule has 4 unspecified atom stereocenters. The Labute approximate surface area is 667 Å². The fourth-order valence-electron chi connectivity index (χ4n) is 26.8. The second kappa shape index (κ2) is 28.3. The maximum atomic E-state index is 15.0. The smallest absolute Gasteiger partial charge is 0.356 e. The highest BCUT2D eigenvalue weighted by molar-refractivity contribution is 9.93. The van der Waals surface area contributed by atoms with Crippen LogP contribution in [0.4, 0.5) is 0 Å². The van der Waals surface area contributed by atoms with Gasteiger partial charge < -0.3 is 56.8 Å². The number of ether oxygens (including phenoxy) is 12. The fraction of sp³-hybridized carbons (Fsp3) is 0.818. The molecule has 0 spiro atoms. The van der Waals surface area contributed by atoms with E-state index in [2.05, 4.69) is 116 Å². The van der Waals surface area contributed by atoms with E-state index in [4.69, 9.17) is 80.0 Å². The van der Waals surface area contributed by atoms with E-state index < -0.39 is 197 Å². The van der Waals surface area contributed by atoms with Crippen molar-refractivity contribution in [3.8, 4) is 0 Å². The van der Waals surface area contributed by atoms with Crippen LogP contribution in [0.2, 0.25) is 0 Å². The molecule has 24 nitrogen and oxygen atoms in total. The van der Waals surface area contributed by atoms with E-state index in [0.29, 0.717) is 18.6 Å². The minimum atomic E-state index is -1.81. The van der Waals surface area contributed by atoms with Crippen LogP contribution in [0.3, 0.4) is 0 Å². The van der Waals surface area contributed by atoms with Crippen LogP contribution in [-0.4, -0.2) is 158 Å². The summed E-state index contributed by atoms with van der Waals surface area (Å²) in [6.45, 7) is 38.4. The molecular formula is C77H102Br4Cl2O24. The van der Waals surface area contributed by atoms with Gasteiger partial charge in [0.15, 0.2) is 28.3 Å². The number of alkyl halides is 4. The van der Waals surface area contributed by atoms with Gasteiger partial charge in [-0.1, -0.05) is 85.2 Å². The molecule has 14 rings (SSSR count). The molecule has 4 heterocycles. The van der Waals surface area contributed by atoms with Crippen LogP contribution in [0.5, 0.6) is 0 Å². The molecule has 0 aromatic rings. The average molecular weight is 1800 g/mol. The van der Waals surface area contributed by atoms with Gasteiger partial charge in [-0.15, -0.1) is 23.2 Å². The Balaban J connectivity index is 0.000000201. The second-order valence-electron chi connectivity index (χ2n) is 34.9. The van der Waals surface area contributed by atoms with E-state index in [1.807, 2.05) is 33.8 Å². The third-order valence-electron chi connectivity index (χ3n) is 30.9. The predicted octanol–water partition coefficient (Wildman–Crippen LogP) is 12.0. The lowest BCUT2D eigenvalue weighted by molar-refractivity contribution is -0.239. The number of rotatable bonds is 8. The van der Waals surface area contributed by atoms with Gasteiger partial charge in [0.05, 0.1) is 33.2 Å². The Bertz CT molecular complexity index is 3790. The number of fused-ring (bicyclic) bond motifs is 20. The van der Waals surface area contributed by atoms with Crippen LogP contribution in [0.15, 0.2) is 11.8 Å². The van der Waals surface area contributed by atoms with Gasteiger partial charge in [0.1, 0.15) is 42.4 Å². The first kappa shape index (κ1) is 84.1. The summed E-state index contributed by atoms with van der Waals surface area (Å²) < 4.78 is 72.1. The fourth-order valence-corrected chi connectivity index (χ4v) is 28.9. The summed E-state index contributed by atoms with van der Waals surface area (Å²) in [6, 6.07) is 0. The molecule has 0 aromatic carbocycles. The summed E-state index contributed by atoms with van der Waals surface area (Å²) in [5.41, 5.74) is -9.34. The average Bonchev–Trinajstić information content (AvgIpc) is 1.49. The van der Waals surface area contributed by atoms with Crippen molar-refractivity contribution in [1.29, 1.82) is 0 Å². The number of ketones is 2. The van der Waals surface area contributed by atoms with Gasteiger partial charge >= 0.3 is 59.7 Å². The number of epoxide rings is 2. The molecule has 30 heteroatoms. The number of hydrogen-bond acceptors (Lipinski definition) is 24. The van der Waals surface area contributed by atoms with Crippen LogP contribution in [-0.2, 0) is 114 Å². The van der Waals surface area contributed by atoms with Crippen molar-refractivity contribution in [3.05, 3.63) is 11.8 Å². The molecule has 4 aliphatic heterocycles. The van der Waals surface area contributed by atoms with Gasteiger partial charge in [-0.2, -0.15) is 0 Å². The molecule has 0 radical (unpaired) electrons. The number of allylic oxidation sites excluding steroid dienone is 1.